The number of ether oxygens (including phenoxy) is 2. The van der Waals surface area contributed by atoms with Gasteiger partial charge in [0.25, 0.3) is 11.8 Å². The molecule has 20 heavy (non-hydrogen) atoms. The van der Waals surface area contributed by atoms with Gasteiger partial charge in [0, 0.05) is 0 Å². The van der Waals surface area contributed by atoms with Crippen LogP contribution < -0.4 is 0 Å². The molecule has 1 heterocycles. The Kier molecular flexibility index (Phi) is 3.79. The SMILES string of the molecule is COC(=O)COC(=O)CN1C(=O)c2ccccc2C1=O. The number of amides is 2. The van der Waals surface area contributed by atoms with E-state index in [2.05, 4.69) is 9.47 Å². The van der Waals surface area contributed by atoms with E-state index in [1.807, 2.05) is 0 Å². The first-order valence-electron chi connectivity index (χ1n) is 5.72. The first kappa shape index (κ1) is 13.7. The summed E-state index contributed by atoms with van der Waals surface area (Å²) >= 11 is 0. The second kappa shape index (κ2) is 5.52. The van der Waals surface area contributed by atoms with E-state index in [1.54, 1.807) is 12.1 Å². The summed E-state index contributed by atoms with van der Waals surface area (Å²) in [5.41, 5.74) is 0.497. The maximum Gasteiger partial charge on any atom is 0.344 e. The Labute approximate surface area is 114 Å². The molecule has 7 nitrogen and oxygen atoms in total. The van der Waals surface area contributed by atoms with Crippen LogP contribution in [0.4, 0.5) is 0 Å². The van der Waals surface area contributed by atoms with Crippen LogP contribution in [0.15, 0.2) is 24.3 Å². The number of carbonyl (C=O) groups excluding carboxylic acids is 4. The van der Waals surface area contributed by atoms with E-state index in [0.29, 0.717) is 0 Å². The molecule has 0 unspecified atom stereocenters. The van der Waals surface area contributed by atoms with Crippen LogP contribution in [0.3, 0.4) is 0 Å². The van der Waals surface area contributed by atoms with Crippen LogP contribution in [0.25, 0.3) is 0 Å². The summed E-state index contributed by atoms with van der Waals surface area (Å²) in [6.45, 7) is -1.10. The fraction of sp³-hybridized carbons (Fsp3) is 0.231. The van der Waals surface area contributed by atoms with Gasteiger partial charge >= 0.3 is 11.9 Å². The van der Waals surface area contributed by atoms with Crippen molar-refractivity contribution < 1.29 is 28.7 Å². The molecule has 2 rings (SSSR count). The smallest absolute Gasteiger partial charge is 0.344 e. The van der Waals surface area contributed by atoms with Crippen LogP contribution in [0.2, 0.25) is 0 Å². The highest BCUT2D eigenvalue weighted by Crippen LogP contribution is 2.21. The van der Waals surface area contributed by atoms with Crippen molar-refractivity contribution in [1.82, 2.24) is 4.90 Å². The molecule has 0 saturated carbocycles. The quantitative estimate of drug-likeness (QED) is 0.568. The monoisotopic (exact) mass is 277 g/mol. The topological polar surface area (TPSA) is 90.0 Å². The highest BCUT2D eigenvalue weighted by atomic mass is 16.6. The molecular weight excluding hydrogens is 266 g/mol. The van der Waals surface area contributed by atoms with Gasteiger partial charge in [0.2, 0.25) is 0 Å². The number of esters is 2. The number of carbonyl (C=O) groups is 4. The van der Waals surface area contributed by atoms with Gasteiger partial charge < -0.3 is 9.47 Å². The van der Waals surface area contributed by atoms with Crippen LogP contribution in [-0.2, 0) is 19.1 Å². The molecule has 104 valence electrons. The Morgan fingerprint density at radius 1 is 1.05 bits per heavy atom. The summed E-state index contributed by atoms with van der Waals surface area (Å²) in [6, 6.07) is 6.27. The normalized spacial score (nSPS) is 13.2. The molecule has 0 bridgehead atoms. The third kappa shape index (κ3) is 2.51. The zero-order valence-corrected chi connectivity index (χ0v) is 10.6. The van der Waals surface area contributed by atoms with Gasteiger partial charge in [-0.1, -0.05) is 12.1 Å². The second-order valence-electron chi connectivity index (χ2n) is 3.98. The molecular formula is C13H11NO6. The maximum atomic E-state index is 11.9. The van der Waals surface area contributed by atoms with Crippen molar-refractivity contribution >= 4 is 23.8 Å². The van der Waals surface area contributed by atoms with E-state index in [0.717, 1.165) is 12.0 Å². The van der Waals surface area contributed by atoms with Crippen molar-refractivity contribution in [3.63, 3.8) is 0 Å². The molecule has 0 N–H and O–H groups in total. The van der Waals surface area contributed by atoms with Crippen LogP contribution in [0.5, 0.6) is 0 Å². The standard InChI is InChI=1S/C13H11NO6/c1-19-11(16)7-20-10(15)6-14-12(17)8-4-2-3-5-9(8)13(14)18/h2-5H,6-7H2,1H3. The molecule has 1 aliphatic rings. The van der Waals surface area contributed by atoms with Crippen molar-refractivity contribution in [2.24, 2.45) is 0 Å². The molecule has 1 aromatic rings. The predicted molar refractivity (Wildman–Crippen MR) is 64.8 cm³/mol. The van der Waals surface area contributed by atoms with Gasteiger partial charge in [-0.2, -0.15) is 0 Å². The zero-order chi connectivity index (χ0) is 14.7. The first-order valence-corrected chi connectivity index (χ1v) is 5.72. The largest absolute Gasteiger partial charge is 0.466 e. The van der Waals surface area contributed by atoms with E-state index in [-0.39, 0.29) is 11.1 Å². The lowest BCUT2D eigenvalue weighted by atomic mass is 10.1. The molecule has 0 fully saturated rings. The summed E-state index contributed by atoms with van der Waals surface area (Å²) < 4.78 is 8.89. The second-order valence-corrected chi connectivity index (χ2v) is 3.98. The average molecular weight is 277 g/mol. The van der Waals surface area contributed by atoms with Crippen LogP contribution in [0, 0.1) is 0 Å². The number of imide groups is 1. The third-order valence-electron chi connectivity index (χ3n) is 2.74. The lowest BCUT2D eigenvalue weighted by Crippen LogP contribution is -2.36. The number of fused-ring (bicyclic) bond motifs is 1. The van der Waals surface area contributed by atoms with Crippen molar-refractivity contribution in [3.8, 4) is 0 Å². The molecule has 1 aromatic carbocycles. The summed E-state index contributed by atoms with van der Waals surface area (Å²) in [4.78, 5) is 47.0. The molecule has 0 aromatic heterocycles. The van der Waals surface area contributed by atoms with Gasteiger partial charge in [-0.05, 0) is 12.1 Å². The average Bonchev–Trinajstić information content (AvgIpc) is 2.70. The van der Waals surface area contributed by atoms with Gasteiger partial charge in [-0.3, -0.25) is 19.3 Å². The van der Waals surface area contributed by atoms with E-state index >= 15 is 0 Å². The highest BCUT2D eigenvalue weighted by molar-refractivity contribution is 6.22. The predicted octanol–water partition coefficient (Wildman–Crippen LogP) is -0.00120. The van der Waals surface area contributed by atoms with Crippen LogP contribution >= 0.6 is 0 Å². The number of benzene rings is 1. The molecule has 0 aliphatic carbocycles. The lowest BCUT2D eigenvalue weighted by Gasteiger charge is -2.12. The Morgan fingerprint density at radius 3 is 2.10 bits per heavy atom. The first-order chi connectivity index (χ1) is 9.54. The number of hydrogen-bond donors (Lipinski definition) is 0. The minimum absolute atomic E-state index is 0.248. The maximum absolute atomic E-state index is 11.9. The number of hydrogen-bond acceptors (Lipinski definition) is 6. The molecule has 0 spiro atoms. The molecule has 0 radical (unpaired) electrons. The summed E-state index contributed by atoms with van der Waals surface area (Å²) in [6.07, 6.45) is 0. The minimum Gasteiger partial charge on any atom is -0.466 e. The van der Waals surface area contributed by atoms with Gasteiger partial charge in [-0.15, -0.1) is 0 Å². The molecule has 0 atom stereocenters. The van der Waals surface area contributed by atoms with Gasteiger partial charge in [0.15, 0.2) is 6.61 Å². The van der Waals surface area contributed by atoms with E-state index in [4.69, 9.17) is 0 Å². The minimum atomic E-state index is -0.857. The summed E-state index contributed by atoms with van der Waals surface area (Å²) in [5, 5.41) is 0. The molecule has 0 saturated heterocycles. The zero-order valence-electron chi connectivity index (χ0n) is 10.6. The molecule has 1 aliphatic heterocycles. The lowest BCUT2D eigenvalue weighted by molar-refractivity contribution is -0.157. The van der Waals surface area contributed by atoms with Gasteiger partial charge in [0.05, 0.1) is 18.2 Å². The Morgan fingerprint density at radius 2 is 1.60 bits per heavy atom. The Bertz CT molecular complexity index is 559. The van der Waals surface area contributed by atoms with Crippen molar-refractivity contribution in [2.75, 3.05) is 20.3 Å². The Hall–Kier alpha value is -2.70. The third-order valence-corrected chi connectivity index (χ3v) is 2.74. The summed E-state index contributed by atoms with van der Waals surface area (Å²) in [7, 11) is 1.15. The van der Waals surface area contributed by atoms with Crippen molar-refractivity contribution in [2.45, 2.75) is 0 Å². The fourth-order valence-corrected chi connectivity index (χ4v) is 1.76. The number of rotatable bonds is 4. The Balaban J connectivity index is 2.02. The fourth-order valence-electron chi connectivity index (χ4n) is 1.76. The van der Waals surface area contributed by atoms with Crippen LogP contribution in [0.1, 0.15) is 20.7 Å². The summed E-state index contributed by atoms with van der Waals surface area (Å²) in [5.74, 6) is -2.69. The van der Waals surface area contributed by atoms with Gasteiger partial charge in [-0.25, -0.2) is 4.79 Å². The number of nitrogens with zero attached hydrogens (tertiary/aromatic N) is 1. The van der Waals surface area contributed by atoms with E-state index < -0.39 is 36.9 Å². The number of methoxy groups -OCH3 is 1. The van der Waals surface area contributed by atoms with E-state index in [1.165, 1.54) is 12.1 Å². The van der Waals surface area contributed by atoms with Crippen LogP contribution in [-0.4, -0.2) is 48.9 Å². The molecule has 2 amide bonds. The van der Waals surface area contributed by atoms with Crippen molar-refractivity contribution in [3.05, 3.63) is 35.4 Å². The highest BCUT2D eigenvalue weighted by Gasteiger charge is 2.36. The molecule has 7 heteroatoms. The van der Waals surface area contributed by atoms with Gasteiger partial charge in [0.1, 0.15) is 6.54 Å². The van der Waals surface area contributed by atoms with E-state index in [9.17, 15) is 19.2 Å². The van der Waals surface area contributed by atoms with Crippen molar-refractivity contribution in [1.29, 1.82) is 0 Å².